The van der Waals surface area contributed by atoms with Gasteiger partial charge in [0.25, 0.3) is 0 Å². The zero-order valence-corrected chi connectivity index (χ0v) is 15.3. The van der Waals surface area contributed by atoms with Crippen molar-refractivity contribution in [2.45, 2.75) is 0 Å². The highest BCUT2D eigenvalue weighted by molar-refractivity contribution is 7.13. The molecule has 4 aromatic rings. The predicted octanol–water partition coefficient (Wildman–Crippen LogP) is 4.69. The van der Waals surface area contributed by atoms with Gasteiger partial charge in [0.05, 0.1) is 16.9 Å². The number of aromatic nitrogens is 2. The van der Waals surface area contributed by atoms with Crippen molar-refractivity contribution in [2.24, 2.45) is 0 Å². The number of fused-ring (bicyclic) bond motifs is 1. The van der Waals surface area contributed by atoms with Crippen molar-refractivity contribution in [2.75, 3.05) is 17.2 Å². The maximum absolute atomic E-state index is 13.3. The topological polar surface area (TPSA) is 66.9 Å². The van der Waals surface area contributed by atoms with E-state index in [0.29, 0.717) is 11.6 Å². The highest BCUT2D eigenvalue weighted by Crippen LogP contribution is 2.27. The quantitative estimate of drug-likeness (QED) is 0.514. The minimum Gasteiger partial charge on any atom is -0.360 e. The number of benzene rings is 2. The molecular formula is C20H14F2N4OS. The van der Waals surface area contributed by atoms with Gasteiger partial charge >= 0.3 is 0 Å². The van der Waals surface area contributed by atoms with Crippen LogP contribution in [0.4, 0.5) is 20.3 Å². The van der Waals surface area contributed by atoms with Gasteiger partial charge in [-0.3, -0.25) is 4.79 Å². The van der Waals surface area contributed by atoms with Crippen LogP contribution in [0.2, 0.25) is 0 Å². The zero-order chi connectivity index (χ0) is 19.5. The molecule has 2 aromatic heterocycles. The van der Waals surface area contributed by atoms with Crippen LogP contribution in [0.3, 0.4) is 0 Å². The summed E-state index contributed by atoms with van der Waals surface area (Å²) in [7, 11) is 0. The van der Waals surface area contributed by atoms with Crippen LogP contribution in [0.5, 0.6) is 0 Å². The maximum Gasteiger partial charge on any atom is 0.243 e. The first-order valence-electron chi connectivity index (χ1n) is 8.39. The molecule has 5 nitrogen and oxygen atoms in total. The minimum absolute atomic E-state index is 0.0934. The summed E-state index contributed by atoms with van der Waals surface area (Å²) in [6.07, 6.45) is 0. The van der Waals surface area contributed by atoms with Crippen LogP contribution < -0.4 is 10.6 Å². The van der Waals surface area contributed by atoms with Crippen molar-refractivity contribution in [1.82, 2.24) is 9.97 Å². The third-order valence-electron chi connectivity index (χ3n) is 3.96. The van der Waals surface area contributed by atoms with Crippen molar-refractivity contribution < 1.29 is 13.6 Å². The second-order valence-electron chi connectivity index (χ2n) is 5.92. The van der Waals surface area contributed by atoms with Crippen molar-refractivity contribution >= 4 is 39.7 Å². The average Bonchev–Trinajstić information content (AvgIpc) is 3.24. The number of anilines is 2. The van der Waals surface area contributed by atoms with Gasteiger partial charge in [-0.25, -0.2) is 18.7 Å². The van der Waals surface area contributed by atoms with Gasteiger partial charge in [-0.1, -0.05) is 18.2 Å². The Balaban J connectivity index is 1.55. The van der Waals surface area contributed by atoms with E-state index in [9.17, 15) is 13.6 Å². The number of nitrogens with one attached hydrogen (secondary N) is 2. The molecule has 2 heterocycles. The molecule has 1 amide bonds. The SMILES string of the molecule is O=C(CNc1nc(-c2cccs2)nc2ccccc12)Nc1ccc(F)c(F)c1. The fourth-order valence-corrected chi connectivity index (χ4v) is 3.33. The van der Waals surface area contributed by atoms with Gasteiger partial charge in [-0.05, 0) is 35.7 Å². The van der Waals surface area contributed by atoms with Crippen molar-refractivity contribution in [3.05, 3.63) is 71.6 Å². The summed E-state index contributed by atoms with van der Waals surface area (Å²) in [5, 5.41) is 8.25. The molecule has 140 valence electrons. The number of hydrogen-bond acceptors (Lipinski definition) is 5. The van der Waals surface area contributed by atoms with Gasteiger partial charge in [-0.2, -0.15) is 0 Å². The maximum atomic E-state index is 13.3. The van der Waals surface area contributed by atoms with E-state index in [2.05, 4.69) is 20.6 Å². The number of carbonyl (C=O) groups is 1. The smallest absolute Gasteiger partial charge is 0.243 e. The lowest BCUT2D eigenvalue weighted by Crippen LogP contribution is -2.22. The molecule has 2 N–H and O–H groups in total. The normalized spacial score (nSPS) is 10.8. The fraction of sp³-hybridized carbons (Fsp3) is 0.0500. The molecule has 0 bridgehead atoms. The van der Waals surface area contributed by atoms with Crippen LogP contribution in [0.15, 0.2) is 60.0 Å². The van der Waals surface area contributed by atoms with Crippen LogP contribution in [0.1, 0.15) is 0 Å². The summed E-state index contributed by atoms with van der Waals surface area (Å²) in [6, 6.07) is 14.5. The molecule has 4 rings (SSSR count). The molecule has 8 heteroatoms. The van der Waals surface area contributed by atoms with E-state index in [-0.39, 0.29) is 12.2 Å². The average molecular weight is 396 g/mol. The van der Waals surface area contributed by atoms with Crippen molar-refractivity contribution in [1.29, 1.82) is 0 Å². The largest absolute Gasteiger partial charge is 0.360 e. The van der Waals surface area contributed by atoms with Gasteiger partial charge in [-0.15, -0.1) is 11.3 Å². The molecule has 0 saturated heterocycles. The van der Waals surface area contributed by atoms with Gasteiger partial charge in [0, 0.05) is 17.1 Å². The third kappa shape index (κ3) is 3.81. The number of amides is 1. The van der Waals surface area contributed by atoms with Gasteiger partial charge in [0.15, 0.2) is 17.5 Å². The lowest BCUT2D eigenvalue weighted by atomic mass is 10.2. The molecule has 2 aromatic carbocycles. The van der Waals surface area contributed by atoms with E-state index in [1.54, 1.807) is 0 Å². The van der Waals surface area contributed by atoms with Crippen molar-refractivity contribution in [3.63, 3.8) is 0 Å². The van der Waals surface area contributed by atoms with E-state index in [0.717, 1.165) is 27.9 Å². The highest BCUT2D eigenvalue weighted by atomic mass is 32.1. The second kappa shape index (κ2) is 7.69. The Morgan fingerprint density at radius 3 is 2.64 bits per heavy atom. The Kier molecular flexibility index (Phi) is 4.94. The van der Waals surface area contributed by atoms with Crippen LogP contribution in [-0.4, -0.2) is 22.4 Å². The number of halogens is 2. The standard InChI is InChI=1S/C20H14F2N4OS/c21-14-8-7-12(10-15(14)22)24-18(27)11-23-19-13-4-1-2-5-16(13)25-20(26-19)17-6-3-9-28-17/h1-10H,11H2,(H,24,27)(H,23,25,26). The number of carbonyl (C=O) groups excluding carboxylic acids is 1. The van der Waals surface area contributed by atoms with E-state index in [4.69, 9.17) is 0 Å². The minimum atomic E-state index is -1.02. The highest BCUT2D eigenvalue weighted by Gasteiger charge is 2.12. The monoisotopic (exact) mass is 396 g/mol. The first-order chi connectivity index (χ1) is 13.6. The molecule has 0 saturated carbocycles. The van der Waals surface area contributed by atoms with E-state index in [1.165, 1.54) is 17.4 Å². The first kappa shape index (κ1) is 18.0. The summed E-state index contributed by atoms with van der Waals surface area (Å²) >= 11 is 1.52. The Bertz CT molecular complexity index is 1150. The molecule has 0 aliphatic heterocycles. The molecular weight excluding hydrogens is 382 g/mol. The number of nitrogens with zero attached hydrogens (tertiary/aromatic N) is 2. The van der Waals surface area contributed by atoms with E-state index >= 15 is 0 Å². The molecule has 28 heavy (non-hydrogen) atoms. The second-order valence-corrected chi connectivity index (χ2v) is 6.87. The summed E-state index contributed by atoms with van der Waals surface area (Å²) in [6.45, 7) is -0.0934. The third-order valence-corrected chi connectivity index (χ3v) is 4.83. The summed E-state index contributed by atoms with van der Waals surface area (Å²) in [4.78, 5) is 22.2. The van der Waals surface area contributed by atoms with E-state index in [1.807, 2.05) is 41.8 Å². The number of hydrogen-bond donors (Lipinski definition) is 2. The molecule has 0 radical (unpaired) electrons. The number of thiophene rings is 1. The molecule has 0 spiro atoms. The fourth-order valence-electron chi connectivity index (χ4n) is 2.67. The van der Waals surface area contributed by atoms with Gasteiger partial charge in [0.1, 0.15) is 5.82 Å². The summed E-state index contributed by atoms with van der Waals surface area (Å²) in [5.74, 6) is -1.31. The molecule has 0 atom stereocenters. The molecule has 0 aliphatic carbocycles. The Morgan fingerprint density at radius 1 is 1.00 bits per heavy atom. The van der Waals surface area contributed by atoms with Gasteiger partial charge in [0.2, 0.25) is 5.91 Å². The van der Waals surface area contributed by atoms with Crippen LogP contribution >= 0.6 is 11.3 Å². The lowest BCUT2D eigenvalue weighted by molar-refractivity contribution is -0.114. The summed E-state index contributed by atoms with van der Waals surface area (Å²) in [5.41, 5.74) is 0.932. The molecule has 0 aliphatic rings. The predicted molar refractivity (Wildman–Crippen MR) is 106 cm³/mol. The Labute approximate surface area is 163 Å². The number of para-hydroxylation sites is 1. The Morgan fingerprint density at radius 2 is 1.86 bits per heavy atom. The summed E-state index contributed by atoms with van der Waals surface area (Å²) < 4.78 is 26.3. The number of rotatable bonds is 5. The Hall–Kier alpha value is -3.39. The molecule has 0 fully saturated rings. The molecule has 0 unspecified atom stereocenters. The zero-order valence-electron chi connectivity index (χ0n) is 14.4. The van der Waals surface area contributed by atoms with Gasteiger partial charge < -0.3 is 10.6 Å². The van der Waals surface area contributed by atoms with Crippen LogP contribution in [0.25, 0.3) is 21.6 Å². The van der Waals surface area contributed by atoms with Crippen molar-refractivity contribution in [3.8, 4) is 10.7 Å². The van der Waals surface area contributed by atoms with E-state index < -0.39 is 17.5 Å². The first-order valence-corrected chi connectivity index (χ1v) is 9.27. The lowest BCUT2D eigenvalue weighted by Gasteiger charge is -2.11. The van der Waals surface area contributed by atoms with Crippen LogP contribution in [-0.2, 0) is 4.79 Å². The van der Waals surface area contributed by atoms with Crippen LogP contribution in [0, 0.1) is 11.6 Å².